The van der Waals surface area contributed by atoms with E-state index in [1.54, 1.807) is 25.1 Å². The molecule has 0 spiro atoms. The fourth-order valence-corrected chi connectivity index (χ4v) is 1.96. The van der Waals surface area contributed by atoms with Gasteiger partial charge in [0.25, 0.3) is 0 Å². The van der Waals surface area contributed by atoms with Crippen LogP contribution in [0.25, 0.3) is 0 Å². The summed E-state index contributed by atoms with van der Waals surface area (Å²) in [6, 6.07) is 7.39. The van der Waals surface area contributed by atoms with E-state index in [-0.39, 0.29) is 10.4 Å². The van der Waals surface area contributed by atoms with Crippen molar-refractivity contribution in [2.45, 2.75) is 6.92 Å². The Labute approximate surface area is 102 Å². The number of nitrogens with zero attached hydrogens (tertiary/aromatic N) is 1. The standard InChI is InChI=1S/C14H19N2O/c1-4-9-16(10-5-2,12(3)17)14-8-6-7-13(15)11-14/h4-8,11H,1-2,9-10,15H2,3H3/q+1. The topological polar surface area (TPSA) is 43.1 Å². The van der Waals surface area contributed by atoms with Crippen LogP contribution in [0.4, 0.5) is 11.4 Å². The number of rotatable bonds is 5. The first-order chi connectivity index (χ1) is 8.06. The molecule has 0 aromatic heterocycles. The number of amides is 1. The van der Waals surface area contributed by atoms with Crippen LogP contribution in [-0.2, 0) is 4.79 Å². The number of hydrogen-bond acceptors (Lipinski definition) is 2. The van der Waals surface area contributed by atoms with Crippen molar-refractivity contribution < 1.29 is 4.79 Å². The Bertz CT molecular complexity index is 428. The second-order valence-corrected chi connectivity index (χ2v) is 4.02. The van der Waals surface area contributed by atoms with E-state index in [9.17, 15) is 4.79 Å². The lowest BCUT2D eigenvalue weighted by Crippen LogP contribution is -2.53. The predicted molar refractivity (Wildman–Crippen MR) is 73.5 cm³/mol. The minimum Gasteiger partial charge on any atom is -0.399 e. The molecule has 3 heteroatoms. The summed E-state index contributed by atoms with van der Waals surface area (Å²) in [5.74, 6) is 0.0513. The Morgan fingerprint density at radius 3 is 2.35 bits per heavy atom. The lowest BCUT2D eigenvalue weighted by atomic mass is 10.2. The predicted octanol–water partition coefficient (Wildman–Crippen LogP) is 2.49. The molecule has 0 heterocycles. The average molecular weight is 231 g/mol. The third-order valence-electron chi connectivity index (χ3n) is 2.85. The molecule has 1 aromatic rings. The molecule has 0 atom stereocenters. The summed E-state index contributed by atoms with van der Waals surface area (Å²) in [4.78, 5) is 12.0. The molecule has 2 N–H and O–H groups in total. The molecule has 0 aliphatic rings. The number of anilines is 1. The number of quaternary nitrogens is 1. The summed E-state index contributed by atoms with van der Waals surface area (Å²) >= 11 is 0. The first-order valence-corrected chi connectivity index (χ1v) is 5.53. The van der Waals surface area contributed by atoms with E-state index < -0.39 is 0 Å². The van der Waals surface area contributed by atoms with Gasteiger partial charge in [0.2, 0.25) is 0 Å². The molecule has 1 rings (SSSR count). The van der Waals surface area contributed by atoms with Crippen LogP contribution in [0.3, 0.4) is 0 Å². The Hall–Kier alpha value is -1.87. The van der Waals surface area contributed by atoms with Gasteiger partial charge in [0.15, 0.2) is 0 Å². The monoisotopic (exact) mass is 231 g/mol. The third kappa shape index (κ3) is 2.63. The number of hydrogen-bond donors (Lipinski definition) is 1. The summed E-state index contributed by atoms with van der Waals surface area (Å²) in [5, 5.41) is 0. The van der Waals surface area contributed by atoms with Crippen LogP contribution in [0.5, 0.6) is 0 Å². The molecule has 1 amide bonds. The normalized spacial score (nSPS) is 10.9. The quantitative estimate of drug-likeness (QED) is 0.480. The molecular weight excluding hydrogens is 212 g/mol. The van der Waals surface area contributed by atoms with Crippen LogP contribution in [0.1, 0.15) is 6.92 Å². The van der Waals surface area contributed by atoms with E-state index in [2.05, 4.69) is 13.2 Å². The lowest BCUT2D eigenvalue weighted by Gasteiger charge is -2.32. The fraction of sp³-hybridized carbons (Fsp3) is 0.214. The number of nitrogen functional groups attached to an aromatic ring is 1. The van der Waals surface area contributed by atoms with Crippen molar-refractivity contribution in [1.82, 2.24) is 4.48 Å². The number of nitrogens with two attached hydrogens (primary N) is 1. The van der Waals surface area contributed by atoms with Gasteiger partial charge in [-0.15, -0.1) is 0 Å². The second kappa shape index (κ2) is 5.46. The molecule has 0 aliphatic heterocycles. The summed E-state index contributed by atoms with van der Waals surface area (Å²) < 4.78 is 0.179. The molecule has 1 aromatic carbocycles. The minimum absolute atomic E-state index is 0.0513. The Balaban J connectivity index is 3.33. The molecule has 3 nitrogen and oxygen atoms in total. The van der Waals surface area contributed by atoms with Gasteiger partial charge in [-0.05, 0) is 24.3 Å². The highest BCUT2D eigenvalue weighted by atomic mass is 16.2. The maximum absolute atomic E-state index is 12.0. The molecule has 0 radical (unpaired) electrons. The van der Waals surface area contributed by atoms with Gasteiger partial charge in [-0.2, -0.15) is 0 Å². The van der Waals surface area contributed by atoms with Gasteiger partial charge in [-0.25, -0.2) is 9.28 Å². The van der Waals surface area contributed by atoms with Crippen LogP contribution in [0, 0.1) is 0 Å². The molecule has 0 saturated heterocycles. The highest BCUT2D eigenvalue weighted by Gasteiger charge is 2.33. The summed E-state index contributed by atoms with van der Waals surface area (Å²) in [6.07, 6.45) is 3.49. The minimum atomic E-state index is 0.0513. The smallest absolute Gasteiger partial charge is 0.316 e. The number of carbonyl (C=O) groups excluding carboxylic acids is 1. The Morgan fingerprint density at radius 2 is 1.94 bits per heavy atom. The molecular formula is C14H19N2O+. The van der Waals surface area contributed by atoms with Gasteiger partial charge in [0.1, 0.15) is 18.8 Å². The van der Waals surface area contributed by atoms with Gasteiger partial charge in [0.05, 0.1) is 6.92 Å². The van der Waals surface area contributed by atoms with E-state index in [4.69, 9.17) is 5.73 Å². The summed E-state index contributed by atoms with van der Waals surface area (Å²) in [6.45, 7) is 10.1. The SMILES string of the molecule is C=CC[N+](CC=C)(C(C)=O)c1cccc(N)c1. The van der Waals surface area contributed by atoms with Crippen molar-refractivity contribution >= 4 is 17.3 Å². The molecule has 90 valence electrons. The van der Waals surface area contributed by atoms with E-state index in [0.29, 0.717) is 18.8 Å². The molecule has 0 bridgehead atoms. The van der Waals surface area contributed by atoms with Crippen molar-refractivity contribution in [3.63, 3.8) is 0 Å². The van der Waals surface area contributed by atoms with E-state index in [1.807, 2.05) is 18.2 Å². The first-order valence-electron chi connectivity index (χ1n) is 5.53. The van der Waals surface area contributed by atoms with Crippen LogP contribution in [-0.4, -0.2) is 19.0 Å². The lowest BCUT2D eigenvalue weighted by molar-refractivity contribution is -0.127. The molecule has 0 saturated carbocycles. The maximum Gasteiger partial charge on any atom is 0.316 e. The zero-order valence-electron chi connectivity index (χ0n) is 10.2. The van der Waals surface area contributed by atoms with Gasteiger partial charge in [-0.3, -0.25) is 0 Å². The van der Waals surface area contributed by atoms with E-state index in [1.165, 1.54) is 0 Å². The van der Waals surface area contributed by atoms with Crippen LogP contribution >= 0.6 is 0 Å². The third-order valence-corrected chi connectivity index (χ3v) is 2.85. The first kappa shape index (κ1) is 13.2. The Morgan fingerprint density at radius 1 is 1.35 bits per heavy atom. The average Bonchev–Trinajstić information content (AvgIpc) is 2.28. The number of carbonyl (C=O) groups is 1. The summed E-state index contributed by atoms with van der Waals surface area (Å²) in [7, 11) is 0. The van der Waals surface area contributed by atoms with Gasteiger partial charge >= 0.3 is 5.91 Å². The summed E-state index contributed by atoms with van der Waals surface area (Å²) in [5.41, 5.74) is 7.30. The van der Waals surface area contributed by atoms with E-state index in [0.717, 1.165) is 5.69 Å². The molecule has 0 aliphatic carbocycles. The molecule has 0 unspecified atom stereocenters. The maximum atomic E-state index is 12.0. The zero-order chi connectivity index (χ0) is 12.9. The zero-order valence-corrected chi connectivity index (χ0v) is 10.2. The molecule has 0 fully saturated rings. The highest BCUT2D eigenvalue weighted by Crippen LogP contribution is 2.26. The van der Waals surface area contributed by atoms with Crippen molar-refractivity contribution in [1.29, 1.82) is 0 Å². The van der Waals surface area contributed by atoms with Crippen molar-refractivity contribution in [2.75, 3.05) is 18.8 Å². The van der Waals surface area contributed by atoms with Crippen molar-refractivity contribution in [3.8, 4) is 0 Å². The van der Waals surface area contributed by atoms with Gasteiger partial charge in [-0.1, -0.05) is 19.2 Å². The van der Waals surface area contributed by atoms with Crippen LogP contribution < -0.4 is 10.2 Å². The van der Waals surface area contributed by atoms with Crippen molar-refractivity contribution in [2.24, 2.45) is 0 Å². The number of benzene rings is 1. The largest absolute Gasteiger partial charge is 0.399 e. The fourth-order valence-electron chi connectivity index (χ4n) is 1.96. The molecule has 17 heavy (non-hydrogen) atoms. The van der Waals surface area contributed by atoms with Gasteiger partial charge in [0, 0.05) is 11.8 Å². The second-order valence-electron chi connectivity index (χ2n) is 4.02. The van der Waals surface area contributed by atoms with Crippen LogP contribution in [0.2, 0.25) is 0 Å². The van der Waals surface area contributed by atoms with Gasteiger partial charge < -0.3 is 5.73 Å². The highest BCUT2D eigenvalue weighted by molar-refractivity contribution is 5.87. The van der Waals surface area contributed by atoms with Crippen molar-refractivity contribution in [3.05, 3.63) is 49.6 Å². The van der Waals surface area contributed by atoms with Crippen LogP contribution in [0.15, 0.2) is 49.6 Å². The Kier molecular flexibility index (Phi) is 4.24. The van der Waals surface area contributed by atoms with E-state index >= 15 is 0 Å².